The molecule has 29 heavy (non-hydrogen) atoms. The molecule has 3 rings (SSSR count). The fraction of sp³-hybridized carbons (Fsp3) is 0.200. The van der Waals surface area contributed by atoms with Crippen molar-refractivity contribution >= 4 is 61.8 Å². The molecule has 1 amide bonds. The third-order valence-electron chi connectivity index (χ3n) is 4.04. The zero-order chi connectivity index (χ0) is 21.0. The van der Waals surface area contributed by atoms with Crippen LogP contribution < -0.4 is 10.9 Å². The minimum Gasteiger partial charge on any atom is -0.324 e. The molecule has 2 aromatic carbocycles. The molecule has 0 bridgehead atoms. The lowest BCUT2D eigenvalue weighted by atomic mass is 10.2. The lowest BCUT2D eigenvalue weighted by molar-refractivity contribution is -0.113. The number of nitrogens with zero attached hydrogens (tertiary/aromatic N) is 3. The van der Waals surface area contributed by atoms with E-state index in [1.807, 2.05) is 19.1 Å². The summed E-state index contributed by atoms with van der Waals surface area (Å²) >= 11 is 10.5. The maximum absolute atomic E-state index is 12.9. The molecule has 0 unspecified atom stereocenters. The zero-order valence-corrected chi connectivity index (χ0v) is 18.6. The number of halogens is 2. The molecule has 0 fully saturated rings. The minimum absolute atomic E-state index is 0.0373. The van der Waals surface area contributed by atoms with Gasteiger partial charge in [0, 0.05) is 16.0 Å². The van der Waals surface area contributed by atoms with Gasteiger partial charge in [-0.25, -0.2) is 4.98 Å². The third kappa shape index (κ3) is 4.99. The maximum atomic E-state index is 12.9. The van der Waals surface area contributed by atoms with Crippen LogP contribution in [0.5, 0.6) is 0 Å². The molecule has 0 saturated carbocycles. The fourth-order valence-electron chi connectivity index (χ4n) is 2.74. The Morgan fingerprint density at radius 3 is 2.86 bits per heavy atom. The summed E-state index contributed by atoms with van der Waals surface area (Å²) in [6, 6.07) is 12.0. The molecule has 148 valence electrons. The van der Waals surface area contributed by atoms with E-state index in [4.69, 9.17) is 11.6 Å². The number of carbonyl (C=O) groups excluding carboxylic acids is 1. The topological polar surface area (TPSA) is 87.8 Å². The number of anilines is 1. The molecular weight excluding hydrogens is 476 g/mol. The number of fused-ring (bicyclic) bond motifs is 1. The number of rotatable bonds is 6. The second-order valence-corrected chi connectivity index (χ2v) is 8.45. The van der Waals surface area contributed by atoms with Crippen molar-refractivity contribution in [3.8, 4) is 6.07 Å². The Morgan fingerprint density at radius 2 is 2.14 bits per heavy atom. The van der Waals surface area contributed by atoms with Gasteiger partial charge in [0.1, 0.15) is 6.07 Å². The number of hydrogen-bond acceptors (Lipinski definition) is 5. The van der Waals surface area contributed by atoms with Gasteiger partial charge in [0.15, 0.2) is 5.16 Å². The molecule has 1 aromatic heterocycles. The van der Waals surface area contributed by atoms with E-state index in [9.17, 15) is 14.9 Å². The molecule has 3 aromatic rings. The molecule has 0 radical (unpaired) electrons. The number of thioether (sulfide) groups is 1. The molecule has 0 aliphatic carbocycles. The zero-order valence-electron chi connectivity index (χ0n) is 15.4. The second-order valence-electron chi connectivity index (χ2n) is 6.15. The van der Waals surface area contributed by atoms with Crippen LogP contribution in [0.25, 0.3) is 10.9 Å². The van der Waals surface area contributed by atoms with E-state index < -0.39 is 0 Å². The SMILES string of the molecule is CCCn1c(SCC(=O)Nc2cc(Cl)ccc2C#N)nc2ccc(Br)cc2c1=O. The Kier molecular flexibility index (Phi) is 6.96. The van der Waals surface area contributed by atoms with Crippen molar-refractivity contribution in [1.29, 1.82) is 5.26 Å². The highest BCUT2D eigenvalue weighted by molar-refractivity contribution is 9.10. The van der Waals surface area contributed by atoms with E-state index in [-0.39, 0.29) is 17.2 Å². The van der Waals surface area contributed by atoms with Crippen LogP contribution in [0.3, 0.4) is 0 Å². The van der Waals surface area contributed by atoms with Crippen LogP contribution in [-0.4, -0.2) is 21.2 Å². The second kappa shape index (κ2) is 9.44. The number of carbonyl (C=O) groups is 1. The van der Waals surface area contributed by atoms with Crippen LogP contribution in [-0.2, 0) is 11.3 Å². The first-order chi connectivity index (χ1) is 13.9. The summed E-state index contributed by atoms with van der Waals surface area (Å²) < 4.78 is 2.40. The van der Waals surface area contributed by atoms with Crippen molar-refractivity contribution in [1.82, 2.24) is 9.55 Å². The summed E-state index contributed by atoms with van der Waals surface area (Å²) in [5.41, 5.74) is 1.12. The molecule has 0 aliphatic heterocycles. The van der Waals surface area contributed by atoms with Crippen LogP contribution >= 0.6 is 39.3 Å². The first-order valence-electron chi connectivity index (χ1n) is 8.75. The summed E-state index contributed by atoms with van der Waals surface area (Å²) in [4.78, 5) is 29.9. The van der Waals surface area contributed by atoms with Crippen LogP contribution in [0.1, 0.15) is 18.9 Å². The normalized spacial score (nSPS) is 10.7. The number of nitriles is 1. The minimum atomic E-state index is -0.318. The molecule has 1 N–H and O–H groups in total. The van der Waals surface area contributed by atoms with Crippen molar-refractivity contribution in [3.05, 3.63) is 61.8 Å². The average molecular weight is 492 g/mol. The van der Waals surface area contributed by atoms with Crippen LogP contribution in [0.4, 0.5) is 5.69 Å². The van der Waals surface area contributed by atoms with E-state index in [2.05, 4.69) is 26.2 Å². The summed E-state index contributed by atoms with van der Waals surface area (Å²) in [7, 11) is 0. The Bertz CT molecular complexity index is 1190. The van der Waals surface area contributed by atoms with Crippen molar-refractivity contribution in [2.24, 2.45) is 0 Å². The van der Waals surface area contributed by atoms with E-state index >= 15 is 0 Å². The maximum Gasteiger partial charge on any atom is 0.262 e. The quantitative estimate of drug-likeness (QED) is 0.394. The number of hydrogen-bond donors (Lipinski definition) is 1. The van der Waals surface area contributed by atoms with Crippen LogP contribution in [0.15, 0.2) is 50.8 Å². The first-order valence-corrected chi connectivity index (χ1v) is 10.9. The van der Waals surface area contributed by atoms with Crippen molar-refractivity contribution in [2.45, 2.75) is 25.0 Å². The van der Waals surface area contributed by atoms with Gasteiger partial charge in [-0.15, -0.1) is 0 Å². The molecule has 0 aliphatic rings. The van der Waals surface area contributed by atoms with E-state index in [1.54, 1.807) is 28.8 Å². The Balaban J connectivity index is 1.85. The first kappa shape index (κ1) is 21.4. The smallest absolute Gasteiger partial charge is 0.262 e. The Morgan fingerprint density at radius 1 is 1.34 bits per heavy atom. The van der Waals surface area contributed by atoms with Gasteiger partial charge >= 0.3 is 0 Å². The lowest BCUT2D eigenvalue weighted by Crippen LogP contribution is -2.24. The lowest BCUT2D eigenvalue weighted by Gasteiger charge is -2.13. The highest BCUT2D eigenvalue weighted by Crippen LogP contribution is 2.23. The number of nitrogens with one attached hydrogen (secondary N) is 1. The summed E-state index contributed by atoms with van der Waals surface area (Å²) in [6.07, 6.45) is 0.759. The molecular formula is C20H16BrClN4O2S. The fourth-order valence-corrected chi connectivity index (χ4v) is 4.10. The van der Waals surface area contributed by atoms with Gasteiger partial charge in [0.25, 0.3) is 5.56 Å². The van der Waals surface area contributed by atoms with Crippen molar-refractivity contribution < 1.29 is 4.79 Å². The Hall–Kier alpha value is -2.34. The molecule has 6 nitrogen and oxygen atoms in total. The van der Waals surface area contributed by atoms with Gasteiger partial charge in [0.05, 0.1) is 27.9 Å². The van der Waals surface area contributed by atoms with Gasteiger partial charge in [-0.3, -0.25) is 14.2 Å². The van der Waals surface area contributed by atoms with Crippen molar-refractivity contribution in [2.75, 3.05) is 11.1 Å². The largest absolute Gasteiger partial charge is 0.324 e. The monoisotopic (exact) mass is 490 g/mol. The summed E-state index contributed by atoms with van der Waals surface area (Å²) in [5.74, 6) is -0.280. The number of amides is 1. The highest BCUT2D eigenvalue weighted by atomic mass is 79.9. The standard InChI is InChI=1S/C20H16BrClN4O2S/c1-2-7-26-19(28)15-8-13(21)4-6-16(15)25-20(26)29-11-18(27)24-17-9-14(22)5-3-12(17)10-23/h3-6,8-9H,2,7,11H2,1H3,(H,24,27). The molecule has 0 spiro atoms. The highest BCUT2D eigenvalue weighted by Gasteiger charge is 2.14. The Labute approximate surface area is 185 Å². The van der Waals surface area contributed by atoms with Gasteiger partial charge in [-0.05, 0) is 42.8 Å². The number of benzene rings is 2. The predicted molar refractivity (Wildman–Crippen MR) is 120 cm³/mol. The molecule has 0 atom stereocenters. The van der Waals surface area contributed by atoms with Gasteiger partial charge in [-0.1, -0.05) is 46.2 Å². The summed E-state index contributed by atoms with van der Waals surface area (Å²) in [6.45, 7) is 2.48. The van der Waals surface area contributed by atoms with Crippen molar-refractivity contribution in [3.63, 3.8) is 0 Å². The summed E-state index contributed by atoms with van der Waals surface area (Å²) in [5, 5.41) is 13.3. The van der Waals surface area contributed by atoms with Gasteiger partial charge in [0.2, 0.25) is 5.91 Å². The van der Waals surface area contributed by atoms with Gasteiger partial charge in [-0.2, -0.15) is 5.26 Å². The number of aromatic nitrogens is 2. The van der Waals surface area contributed by atoms with Gasteiger partial charge < -0.3 is 5.32 Å². The van der Waals surface area contributed by atoms with E-state index in [1.165, 1.54) is 17.8 Å². The van der Waals surface area contributed by atoms with Crippen LogP contribution in [0, 0.1) is 11.3 Å². The molecule has 1 heterocycles. The van der Waals surface area contributed by atoms with E-state index in [0.29, 0.717) is 38.9 Å². The third-order valence-corrected chi connectivity index (χ3v) is 5.74. The molecule has 9 heteroatoms. The van der Waals surface area contributed by atoms with Crippen LogP contribution in [0.2, 0.25) is 5.02 Å². The predicted octanol–water partition coefficient (Wildman–Crippen LogP) is 4.82. The van der Waals surface area contributed by atoms with E-state index in [0.717, 1.165) is 10.9 Å². The average Bonchev–Trinajstić information content (AvgIpc) is 2.69. The molecule has 0 saturated heterocycles.